The SMILES string of the molecule is O=C(Cc1ccccc1[N+](=O)[O-])Nc1ccc(Cl)cc1I. The predicted molar refractivity (Wildman–Crippen MR) is 89.6 cm³/mol. The molecule has 0 aliphatic rings. The molecule has 21 heavy (non-hydrogen) atoms. The Balaban J connectivity index is 2.14. The van der Waals surface area contributed by atoms with Gasteiger partial charge in [-0.3, -0.25) is 14.9 Å². The first-order valence-electron chi connectivity index (χ1n) is 5.94. The third-order valence-corrected chi connectivity index (χ3v) is 3.87. The van der Waals surface area contributed by atoms with Gasteiger partial charge in [0.15, 0.2) is 0 Å². The number of nitrogens with one attached hydrogen (secondary N) is 1. The summed E-state index contributed by atoms with van der Waals surface area (Å²) < 4.78 is 0.802. The van der Waals surface area contributed by atoms with Crippen LogP contribution in [0.3, 0.4) is 0 Å². The highest BCUT2D eigenvalue weighted by molar-refractivity contribution is 14.1. The van der Waals surface area contributed by atoms with Crippen LogP contribution >= 0.6 is 34.2 Å². The van der Waals surface area contributed by atoms with Crippen LogP contribution in [-0.2, 0) is 11.2 Å². The van der Waals surface area contributed by atoms with Gasteiger partial charge in [0, 0.05) is 20.2 Å². The van der Waals surface area contributed by atoms with Crippen molar-refractivity contribution in [1.29, 1.82) is 0 Å². The fraction of sp³-hybridized carbons (Fsp3) is 0.0714. The average Bonchev–Trinajstić information content (AvgIpc) is 2.42. The quantitative estimate of drug-likeness (QED) is 0.465. The molecule has 0 aromatic heterocycles. The number of nitro benzene ring substituents is 1. The Morgan fingerprint density at radius 3 is 2.67 bits per heavy atom. The van der Waals surface area contributed by atoms with E-state index in [1.807, 2.05) is 0 Å². The number of carbonyl (C=O) groups excluding carboxylic acids is 1. The van der Waals surface area contributed by atoms with E-state index in [9.17, 15) is 14.9 Å². The second-order valence-corrected chi connectivity index (χ2v) is 5.83. The van der Waals surface area contributed by atoms with Gasteiger partial charge in [0.25, 0.3) is 5.69 Å². The Morgan fingerprint density at radius 2 is 2.00 bits per heavy atom. The molecule has 0 atom stereocenters. The molecule has 2 aromatic carbocycles. The van der Waals surface area contributed by atoms with Gasteiger partial charge in [0.1, 0.15) is 0 Å². The number of amides is 1. The lowest BCUT2D eigenvalue weighted by molar-refractivity contribution is -0.385. The van der Waals surface area contributed by atoms with E-state index in [1.54, 1.807) is 36.4 Å². The summed E-state index contributed by atoms with van der Waals surface area (Å²) in [4.78, 5) is 22.4. The minimum absolute atomic E-state index is 0.0570. The highest BCUT2D eigenvalue weighted by Crippen LogP contribution is 2.23. The summed E-state index contributed by atoms with van der Waals surface area (Å²) in [5.74, 6) is -0.315. The third kappa shape index (κ3) is 4.15. The molecule has 0 aliphatic heterocycles. The van der Waals surface area contributed by atoms with Crippen molar-refractivity contribution in [1.82, 2.24) is 0 Å². The van der Waals surface area contributed by atoms with Gasteiger partial charge in [0.05, 0.1) is 17.0 Å². The van der Waals surface area contributed by atoms with Gasteiger partial charge in [-0.2, -0.15) is 0 Å². The zero-order chi connectivity index (χ0) is 15.4. The molecule has 0 spiro atoms. The van der Waals surface area contributed by atoms with Crippen LogP contribution in [0, 0.1) is 13.7 Å². The van der Waals surface area contributed by atoms with Gasteiger partial charge in [-0.05, 0) is 40.8 Å². The molecule has 5 nitrogen and oxygen atoms in total. The van der Waals surface area contributed by atoms with Crippen LogP contribution in [0.25, 0.3) is 0 Å². The van der Waals surface area contributed by atoms with Crippen LogP contribution in [0.15, 0.2) is 42.5 Å². The van der Waals surface area contributed by atoms with Crippen molar-refractivity contribution in [3.63, 3.8) is 0 Å². The molecule has 2 aromatic rings. The summed E-state index contributed by atoms with van der Waals surface area (Å²) in [6.07, 6.45) is -0.0597. The monoisotopic (exact) mass is 416 g/mol. The van der Waals surface area contributed by atoms with Gasteiger partial charge in [-0.15, -0.1) is 0 Å². The number of anilines is 1. The number of benzene rings is 2. The molecule has 0 saturated heterocycles. The summed E-state index contributed by atoms with van der Waals surface area (Å²) in [5, 5.41) is 14.2. The van der Waals surface area contributed by atoms with Crippen LogP contribution in [0.4, 0.5) is 11.4 Å². The van der Waals surface area contributed by atoms with Crippen LogP contribution < -0.4 is 5.32 Å². The van der Waals surface area contributed by atoms with Gasteiger partial charge >= 0.3 is 0 Å². The number of halogens is 2. The number of hydrogen-bond donors (Lipinski definition) is 1. The first kappa shape index (κ1) is 15.7. The molecule has 0 fully saturated rings. The first-order valence-corrected chi connectivity index (χ1v) is 7.40. The molecule has 0 saturated carbocycles. The lowest BCUT2D eigenvalue weighted by Gasteiger charge is -2.08. The van der Waals surface area contributed by atoms with Crippen molar-refractivity contribution in [3.8, 4) is 0 Å². The molecular weight excluding hydrogens is 407 g/mol. The third-order valence-electron chi connectivity index (χ3n) is 2.74. The van der Waals surface area contributed by atoms with Crippen molar-refractivity contribution in [3.05, 3.63) is 66.7 Å². The van der Waals surface area contributed by atoms with Crippen LogP contribution in [-0.4, -0.2) is 10.8 Å². The van der Waals surface area contributed by atoms with E-state index in [-0.39, 0.29) is 18.0 Å². The van der Waals surface area contributed by atoms with Crippen LogP contribution in [0.1, 0.15) is 5.56 Å². The summed E-state index contributed by atoms with van der Waals surface area (Å²) in [6, 6.07) is 11.3. The van der Waals surface area contributed by atoms with E-state index in [2.05, 4.69) is 27.9 Å². The maximum atomic E-state index is 12.0. The number of nitro groups is 1. The highest BCUT2D eigenvalue weighted by Gasteiger charge is 2.16. The molecule has 1 N–H and O–H groups in total. The Bertz CT molecular complexity index is 706. The van der Waals surface area contributed by atoms with Crippen LogP contribution in [0.2, 0.25) is 5.02 Å². The van der Waals surface area contributed by atoms with Crippen LogP contribution in [0.5, 0.6) is 0 Å². The molecule has 0 bridgehead atoms. The lowest BCUT2D eigenvalue weighted by atomic mass is 10.1. The van der Waals surface area contributed by atoms with Crippen molar-refractivity contribution in [2.75, 3.05) is 5.32 Å². The normalized spacial score (nSPS) is 10.2. The largest absolute Gasteiger partial charge is 0.325 e. The molecule has 0 aliphatic carbocycles. The molecule has 0 heterocycles. The van der Waals surface area contributed by atoms with Crippen molar-refractivity contribution in [2.45, 2.75) is 6.42 Å². The second-order valence-electron chi connectivity index (χ2n) is 4.23. The second kappa shape index (κ2) is 6.86. The molecular formula is C14H10ClIN2O3. The minimum Gasteiger partial charge on any atom is -0.325 e. The summed E-state index contributed by atoms with van der Waals surface area (Å²) in [6.45, 7) is 0. The van der Waals surface area contributed by atoms with Crippen molar-refractivity contribution >= 4 is 51.5 Å². The Hall–Kier alpha value is -1.67. The van der Waals surface area contributed by atoms with Crippen molar-refractivity contribution < 1.29 is 9.72 Å². The first-order chi connectivity index (χ1) is 9.97. The number of hydrogen-bond acceptors (Lipinski definition) is 3. The molecule has 0 radical (unpaired) electrons. The van der Waals surface area contributed by atoms with E-state index >= 15 is 0 Å². The fourth-order valence-electron chi connectivity index (χ4n) is 1.80. The average molecular weight is 417 g/mol. The molecule has 0 unspecified atom stereocenters. The van der Waals surface area contributed by atoms with E-state index in [0.29, 0.717) is 16.3 Å². The number of rotatable bonds is 4. The van der Waals surface area contributed by atoms with Gasteiger partial charge in [-0.25, -0.2) is 0 Å². The molecule has 7 heteroatoms. The highest BCUT2D eigenvalue weighted by atomic mass is 127. The molecule has 2 rings (SSSR count). The lowest BCUT2D eigenvalue weighted by Crippen LogP contribution is -2.16. The summed E-state index contributed by atoms with van der Waals surface area (Å²) in [5.41, 5.74) is 0.950. The van der Waals surface area contributed by atoms with E-state index in [4.69, 9.17) is 11.6 Å². The standard InChI is InChI=1S/C14H10ClIN2O3/c15-10-5-6-12(11(16)8-10)17-14(19)7-9-3-1-2-4-13(9)18(20)21/h1-6,8H,7H2,(H,17,19). The Labute approximate surface area is 139 Å². The Morgan fingerprint density at radius 1 is 1.29 bits per heavy atom. The summed E-state index contributed by atoms with van der Waals surface area (Å²) >= 11 is 7.91. The van der Waals surface area contributed by atoms with E-state index in [1.165, 1.54) is 6.07 Å². The van der Waals surface area contributed by atoms with Gasteiger partial charge in [0.2, 0.25) is 5.91 Å². The number of para-hydroxylation sites is 1. The molecule has 1 amide bonds. The maximum absolute atomic E-state index is 12.0. The van der Waals surface area contributed by atoms with Crippen molar-refractivity contribution in [2.24, 2.45) is 0 Å². The minimum atomic E-state index is -0.491. The molecule has 108 valence electrons. The zero-order valence-corrected chi connectivity index (χ0v) is 13.6. The predicted octanol–water partition coefficient (Wildman–Crippen LogP) is 4.03. The topological polar surface area (TPSA) is 72.2 Å². The van der Waals surface area contributed by atoms with Gasteiger partial charge in [-0.1, -0.05) is 29.8 Å². The number of nitrogens with zero attached hydrogens (tertiary/aromatic N) is 1. The fourth-order valence-corrected chi connectivity index (χ4v) is 2.80. The summed E-state index contributed by atoms with van der Waals surface area (Å²) in [7, 11) is 0. The smallest absolute Gasteiger partial charge is 0.273 e. The zero-order valence-electron chi connectivity index (χ0n) is 10.7. The Kier molecular flexibility index (Phi) is 5.13. The van der Waals surface area contributed by atoms with Gasteiger partial charge < -0.3 is 5.32 Å². The van der Waals surface area contributed by atoms with E-state index in [0.717, 1.165) is 3.57 Å². The van der Waals surface area contributed by atoms with E-state index < -0.39 is 4.92 Å². The maximum Gasteiger partial charge on any atom is 0.273 e. The number of carbonyl (C=O) groups is 1.